The van der Waals surface area contributed by atoms with Crippen LogP contribution in [0.25, 0.3) is 11.0 Å². The van der Waals surface area contributed by atoms with Crippen LogP contribution in [0.5, 0.6) is 0 Å². The number of benzene rings is 1. The lowest BCUT2D eigenvalue weighted by atomic mass is 9.91. The van der Waals surface area contributed by atoms with Gasteiger partial charge in [-0.25, -0.2) is 9.78 Å². The third kappa shape index (κ3) is 5.48. The molecule has 0 bridgehead atoms. The van der Waals surface area contributed by atoms with Crippen molar-refractivity contribution < 1.29 is 9.90 Å². The zero-order valence-electron chi connectivity index (χ0n) is 18.4. The van der Waals surface area contributed by atoms with Gasteiger partial charge in [-0.3, -0.25) is 4.79 Å². The smallest absolute Gasteiger partial charge is 0.360 e. The summed E-state index contributed by atoms with van der Waals surface area (Å²) in [4.78, 5) is 28.9. The summed E-state index contributed by atoms with van der Waals surface area (Å²) in [6.45, 7) is 6.74. The average Bonchev–Trinajstić information content (AvgIpc) is 2.68. The second kappa shape index (κ2) is 10.2. The van der Waals surface area contributed by atoms with Crippen molar-refractivity contribution in [3.8, 4) is 0 Å². The molecule has 1 fully saturated rings. The van der Waals surface area contributed by atoms with Gasteiger partial charge in [-0.05, 0) is 57.1 Å². The maximum atomic E-state index is 13.1. The summed E-state index contributed by atoms with van der Waals surface area (Å²) in [5, 5.41) is 13.3. The number of carboxylic acid groups (broad SMARTS) is 1. The van der Waals surface area contributed by atoms with Crippen molar-refractivity contribution in [1.29, 1.82) is 0 Å². The Morgan fingerprint density at radius 3 is 2.63 bits per heavy atom. The van der Waals surface area contributed by atoms with Crippen molar-refractivity contribution in [2.75, 3.05) is 0 Å². The van der Waals surface area contributed by atoms with Gasteiger partial charge in [-0.2, -0.15) is 0 Å². The second-order valence-corrected chi connectivity index (χ2v) is 9.19. The normalized spacial score (nSPS) is 21.3. The minimum Gasteiger partial charge on any atom is -0.476 e. The molecule has 6 heteroatoms. The van der Waals surface area contributed by atoms with Crippen molar-refractivity contribution in [3.05, 3.63) is 40.3 Å². The fraction of sp³-hybridized carbons (Fsp3) is 0.625. The number of nitrogens with one attached hydrogen (secondary N) is 1. The number of hydrogen-bond acceptors (Lipinski definition) is 4. The van der Waals surface area contributed by atoms with E-state index < -0.39 is 11.5 Å². The highest BCUT2D eigenvalue weighted by Crippen LogP contribution is 2.29. The lowest BCUT2D eigenvalue weighted by Gasteiger charge is -2.31. The first-order valence-corrected chi connectivity index (χ1v) is 11.4. The molecule has 0 radical (unpaired) electrons. The molecule has 6 nitrogen and oxygen atoms in total. The molecule has 0 saturated heterocycles. The molecule has 1 aliphatic rings. The van der Waals surface area contributed by atoms with E-state index in [1.54, 1.807) is 10.6 Å². The Labute approximate surface area is 178 Å². The summed E-state index contributed by atoms with van der Waals surface area (Å²) < 4.78 is 1.71. The van der Waals surface area contributed by atoms with Gasteiger partial charge in [0, 0.05) is 18.1 Å². The number of fused-ring (bicyclic) bond motifs is 1. The molecule has 2 aromatic rings. The van der Waals surface area contributed by atoms with Gasteiger partial charge in [-0.15, -0.1) is 0 Å². The SMILES string of the molecule is CC(C)CCC(C)N[C@H]1CCCCC[C@H](n2c(=O)c(C(=O)O)nc3ccccc32)C1. The van der Waals surface area contributed by atoms with Gasteiger partial charge in [0.1, 0.15) is 0 Å². The minimum atomic E-state index is -1.26. The van der Waals surface area contributed by atoms with E-state index in [0.717, 1.165) is 44.0 Å². The van der Waals surface area contributed by atoms with Gasteiger partial charge in [0.25, 0.3) is 5.56 Å². The Morgan fingerprint density at radius 1 is 1.17 bits per heavy atom. The van der Waals surface area contributed by atoms with Gasteiger partial charge >= 0.3 is 5.97 Å². The first-order chi connectivity index (χ1) is 14.4. The molecule has 1 saturated carbocycles. The topological polar surface area (TPSA) is 84.2 Å². The van der Waals surface area contributed by atoms with Crippen molar-refractivity contribution in [2.24, 2.45) is 5.92 Å². The zero-order chi connectivity index (χ0) is 21.7. The van der Waals surface area contributed by atoms with Crippen LogP contribution in [0.3, 0.4) is 0 Å². The van der Waals surface area contributed by atoms with Crippen molar-refractivity contribution in [3.63, 3.8) is 0 Å². The van der Waals surface area contributed by atoms with E-state index in [1.807, 2.05) is 18.2 Å². The molecular formula is C24H35N3O3. The van der Waals surface area contributed by atoms with Crippen LogP contribution in [0.1, 0.15) is 88.7 Å². The number of rotatable bonds is 7. The highest BCUT2D eigenvalue weighted by molar-refractivity contribution is 5.88. The molecule has 0 aliphatic heterocycles. The van der Waals surface area contributed by atoms with Crippen LogP contribution < -0.4 is 10.9 Å². The van der Waals surface area contributed by atoms with Crippen LogP contribution in [0.4, 0.5) is 0 Å². The molecule has 1 heterocycles. The lowest BCUT2D eigenvalue weighted by molar-refractivity contribution is 0.0687. The van der Waals surface area contributed by atoms with Crippen LogP contribution in [0, 0.1) is 5.92 Å². The number of para-hydroxylation sites is 2. The van der Waals surface area contributed by atoms with E-state index in [0.29, 0.717) is 23.5 Å². The van der Waals surface area contributed by atoms with Crippen LogP contribution in [0.2, 0.25) is 0 Å². The molecule has 3 rings (SSSR count). The summed E-state index contributed by atoms with van der Waals surface area (Å²) in [5.74, 6) is -0.571. The van der Waals surface area contributed by atoms with Gasteiger partial charge in [0.05, 0.1) is 11.0 Å². The van der Waals surface area contributed by atoms with Gasteiger partial charge in [0.15, 0.2) is 0 Å². The molecule has 30 heavy (non-hydrogen) atoms. The Bertz CT molecular complexity index is 922. The molecule has 0 amide bonds. The quantitative estimate of drug-likeness (QED) is 0.683. The van der Waals surface area contributed by atoms with Crippen LogP contribution >= 0.6 is 0 Å². The molecule has 1 unspecified atom stereocenters. The van der Waals surface area contributed by atoms with Crippen LogP contribution in [-0.2, 0) is 0 Å². The third-order valence-electron chi connectivity index (χ3n) is 6.21. The monoisotopic (exact) mass is 413 g/mol. The van der Waals surface area contributed by atoms with E-state index in [9.17, 15) is 14.7 Å². The van der Waals surface area contributed by atoms with Gasteiger partial charge in [0.2, 0.25) is 5.69 Å². The van der Waals surface area contributed by atoms with E-state index in [1.165, 1.54) is 12.8 Å². The van der Waals surface area contributed by atoms with Crippen molar-refractivity contribution in [2.45, 2.75) is 90.3 Å². The number of carbonyl (C=O) groups is 1. The number of aromatic carboxylic acids is 1. The van der Waals surface area contributed by atoms with E-state index >= 15 is 0 Å². The summed E-state index contributed by atoms with van der Waals surface area (Å²) in [7, 11) is 0. The molecule has 0 spiro atoms. The number of hydrogen-bond donors (Lipinski definition) is 2. The molecule has 1 aromatic carbocycles. The van der Waals surface area contributed by atoms with Crippen molar-refractivity contribution >= 4 is 17.0 Å². The minimum absolute atomic E-state index is 0.0291. The number of nitrogens with zero attached hydrogens (tertiary/aromatic N) is 2. The first-order valence-electron chi connectivity index (χ1n) is 11.4. The Hall–Kier alpha value is -2.21. The predicted octanol–water partition coefficient (Wildman–Crippen LogP) is 4.77. The fourth-order valence-electron chi connectivity index (χ4n) is 4.62. The maximum Gasteiger partial charge on any atom is 0.360 e. The van der Waals surface area contributed by atoms with Gasteiger partial charge < -0.3 is 15.0 Å². The van der Waals surface area contributed by atoms with E-state index in [4.69, 9.17) is 0 Å². The van der Waals surface area contributed by atoms with Crippen molar-refractivity contribution in [1.82, 2.24) is 14.9 Å². The summed E-state index contributed by atoms with van der Waals surface area (Å²) in [5.41, 5.74) is 0.417. The van der Waals surface area contributed by atoms with E-state index in [2.05, 4.69) is 31.1 Å². The molecular weight excluding hydrogens is 378 g/mol. The number of carboxylic acids is 1. The largest absolute Gasteiger partial charge is 0.476 e. The van der Waals surface area contributed by atoms with Crippen LogP contribution in [0.15, 0.2) is 29.1 Å². The zero-order valence-corrected chi connectivity index (χ0v) is 18.4. The maximum absolute atomic E-state index is 13.1. The lowest BCUT2D eigenvalue weighted by Crippen LogP contribution is -2.41. The standard InChI is InChI=1S/C24H35N3O3/c1-16(2)13-14-17(3)25-18-9-5-4-6-10-19(15-18)27-21-12-8-7-11-20(21)26-22(23(27)28)24(29)30/h7-8,11-12,16-19,25H,4-6,9-10,13-15H2,1-3H3,(H,29,30)/t17?,18-,19-/m0/s1. The Balaban J connectivity index is 1.92. The summed E-state index contributed by atoms with van der Waals surface area (Å²) in [6, 6.07) is 8.09. The van der Waals surface area contributed by atoms with E-state index in [-0.39, 0.29) is 11.7 Å². The molecule has 164 valence electrons. The molecule has 1 aliphatic carbocycles. The fourth-order valence-corrected chi connectivity index (χ4v) is 4.62. The highest BCUT2D eigenvalue weighted by Gasteiger charge is 2.26. The molecule has 3 atom stereocenters. The molecule has 2 N–H and O–H groups in total. The highest BCUT2D eigenvalue weighted by atomic mass is 16.4. The summed E-state index contributed by atoms with van der Waals surface area (Å²) in [6.07, 6.45) is 8.51. The van der Waals surface area contributed by atoms with Gasteiger partial charge in [-0.1, -0.05) is 45.2 Å². The summed E-state index contributed by atoms with van der Waals surface area (Å²) >= 11 is 0. The Morgan fingerprint density at radius 2 is 1.90 bits per heavy atom. The Kier molecular flexibility index (Phi) is 7.64. The average molecular weight is 414 g/mol. The van der Waals surface area contributed by atoms with Crippen LogP contribution in [-0.4, -0.2) is 32.7 Å². The first kappa shape index (κ1) is 22.5. The molecule has 1 aromatic heterocycles. The third-order valence-corrected chi connectivity index (χ3v) is 6.21. The number of aromatic nitrogens is 2. The second-order valence-electron chi connectivity index (χ2n) is 9.19. The predicted molar refractivity (Wildman–Crippen MR) is 120 cm³/mol.